The van der Waals surface area contributed by atoms with Crippen LogP contribution in [0.4, 0.5) is 0 Å². The molecule has 1 aromatic rings. The molecule has 2 heterocycles. The fourth-order valence-corrected chi connectivity index (χ4v) is 5.36. The molecule has 4 atom stereocenters. The predicted octanol–water partition coefficient (Wildman–Crippen LogP) is 4.32. The number of fused-ring (bicyclic) bond motifs is 2. The summed E-state index contributed by atoms with van der Waals surface area (Å²) in [7, 11) is 1.70. The molecule has 3 rings (SSSR count). The number of halogens is 1. The van der Waals surface area contributed by atoms with Gasteiger partial charge in [0.05, 0.1) is 31.0 Å². The molecular formula is C18H25BrO3. The number of para-hydroxylation sites is 1. The second-order valence-electron chi connectivity index (χ2n) is 7.01. The molecule has 0 aromatic heterocycles. The smallest absolute Gasteiger partial charge is 0.124 e. The van der Waals surface area contributed by atoms with E-state index in [4.69, 9.17) is 14.2 Å². The van der Waals surface area contributed by atoms with Gasteiger partial charge in [-0.2, -0.15) is 0 Å². The molecule has 0 saturated carbocycles. The minimum absolute atomic E-state index is 0.0970. The van der Waals surface area contributed by atoms with Crippen LogP contribution in [0.2, 0.25) is 0 Å². The quantitative estimate of drug-likeness (QED) is 0.724. The summed E-state index contributed by atoms with van der Waals surface area (Å²) in [5.41, 5.74) is 0.797. The van der Waals surface area contributed by atoms with Crippen LogP contribution in [0.25, 0.3) is 0 Å². The summed E-state index contributed by atoms with van der Waals surface area (Å²) in [6.07, 6.45) is 2.09. The molecule has 3 nitrogen and oxygen atoms in total. The number of rotatable bonds is 5. The van der Waals surface area contributed by atoms with Crippen molar-refractivity contribution in [3.8, 4) is 5.75 Å². The highest BCUT2D eigenvalue weighted by molar-refractivity contribution is 9.09. The standard InChI is InChI=1S/C18H25BrO3/c1-12(2)18-10-16(17(3,22-18)9-15(18)19)21-11-13-7-5-6-8-14(13)20-4/h5-8,12,15-16H,9-11H2,1-4H3/t15-,16+,17-,18+/m1/s1. The molecule has 2 fully saturated rings. The van der Waals surface area contributed by atoms with Gasteiger partial charge in [-0.1, -0.05) is 48.0 Å². The summed E-state index contributed by atoms with van der Waals surface area (Å²) in [6.45, 7) is 7.23. The number of alkyl halides is 1. The van der Waals surface area contributed by atoms with Crippen molar-refractivity contribution in [2.24, 2.45) is 5.92 Å². The number of methoxy groups -OCH3 is 1. The van der Waals surface area contributed by atoms with Crippen LogP contribution in [-0.2, 0) is 16.1 Å². The van der Waals surface area contributed by atoms with Crippen LogP contribution >= 0.6 is 15.9 Å². The predicted molar refractivity (Wildman–Crippen MR) is 90.6 cm³/mol. The van der Waals surface area contributed by atoms with E-state index < -0.39 is 0 Å². The maximum absolute atomic E-state index is 6.48. The van der Waals surface area contributed by atoms with E-state index in [1.165, 1.54) is 0 Å². The van der Waals surface area contributed by atoms with Crippen molar-refractivity contribution >= 4 is 15.9 Å². The summed E-state index contributed by atoms with van der Waals surface area (Å²) in [6, 6.07) is 8.03. The van der Waals surface area contributed by atoms with Crippen LogP contribution in [0.1, 0.15) is 39.2 Å². The largest absolute Gasteiger partial charge is 0.496 e. The van der Waals surface area contributed by atoms with Crippen molar-refractivity contribution in [3.63, 3.8) is 0 Å². The monoisotopic (exact) mass is 368 g/mol. The van der Waals surface area contributed by atoms with Crippen molar-refractivity contribution in [2.75, 3.05) is 7.11 Å². The van der Waals surface area contributed by atoms with Gasteiger partial charge in [-0.3, -0.25) is 0 Å². The Morgan fingerprint density at radius 2 is 2.05 bits per heavy atom. The molecule has 4 heteroatoms. The lowest BCUT2D eigenvalue weighted by Crippen LogP contribution is -2.44. The summed E-state index contributed by atoms with van der Waals surface area (Å²) >= 11 is 3.83. The summed E-state index contributed by atoms with van der Waals surface area (Å²) in [4.78, 5) is 0.413. The summed E-state index contributed by atoms with van der Waals surface area (Å²) < 4.78 is 18.1. The van der Waals surface area contributed by atoms with E-state index in [2.05, 4.69) is 42.8 Å². The SMILES string of the molecule is COc1ccccc1CO[C@H]1C[C@@]2(C(C)C)O[C@]1(C)C[C@H]2Br. The Hall–Kier alpha value is -0.580. The molecule has 0 spiro atoms. The number of hydrogen-bond acceptors (Lipinski definition) is 3. The summed E-state index contributed by atoms with van der Waals surface area (Å²) in [5, 5.41) is 0. The number of ether oxygens (including phenoxy) is 3. The zero-order chi connectivity index (χ0) is 16.0. The molecule has 0 amide bonds. The van der Waals surface area contributed by atoms with Crippen molar-refractivity contribution in [3.05, 3.63) is 29.8 Å². The fraction of sp³-hybridized carbons (Fsp3) is 0.667. The van der Waals surface area contributed by atoms with Gasteiger partial charge >= 0.3 is 0 Å². The third-order valence-electron chi connectivity index (χ3n) is 5.33. The third kappa shape index (κ3) is 2.49. The molecule has 1 aromatic carbocycles. The lowest BCUT2D eigenvalue weighted by atomic mass is 9.75. The van der Waals surface area contributed by atoms with Gasteiger partial charge in [-0.15, -0.1) is 0 Å². The number of hydrogen-bond donors (Lipinski definition) is 0. The first-order chi connectivity index (χ1) is 10.4. The van der Waals surface area contributed by atoms with E-state index in [0.717, 1.165) is 24.2 Å². The summed E-state index contributed by atoms with van der Waals surface area (Å²) in [5.74, 6) is 1.35. The molecule has 22 heavy (non-hydrogen) atoms. The third-order valence-corrected chi connectivity index (χ3v) is 6.43. The number of benzene rings is 1. The second-order valence-corrected chi connectivity index (χ2v) is 8.12. The Morgan fingerprint density at radius 1 is 1.32 bits per heavy atom. The van der Waals surface area contributed by atoms with E-state index in [1.54, 1.807) is 7.11 Å². The minimum atomic E-state index is -0.194. The van der Waals surface area contributed by atoms with Crippen molar-refractivity contribution < 1.29 is 14.2 Å². The molecule has 122 valence electrons. The average Bonchev–Trinajstić information content (AvgIpc) is 2.93. The highest BCUT2D eigenvalue weighted by atomic mass is 79.9. The van der Waals surface area contributed by atoms with E-state index in [-0.39, 0.29) is 17.3 Å². The molecule has 0 N–H and O–H groups in total. The first-order valence-electron chi connectivity index (χ1n) is 7.99. The Kier molecular flexibility index (Phi) is 4.30. The van der Waals surface area contributed by atoms with E-state index in [0.29, 0.717) is 17.4 Å². The van der Waals surface area contributed by atoms with Gasteiger partial charge in [-0.05, 0) is 25.3 Å². The van der Waals surface area contributed by atoms with Gasteiger partial charge in [0.15, 0.2) is 0 Å². The fourth-order valence-electron chi connectivity index (χ4n) is 3.90. The van der Waals surface area contributed by atoms with Crippen molar-refractivity contribution in [2.45, 2.75) is 62.4 Å². The van der Waals surface area contributed by atoms with Crippen molar-refractivity contribution in [1.29, 1.82) is 0 Å². The zero-order valence-corrected chi connectivity index (χ0v) is 15.4. The van der Waals surface area contributed by atoms with Gasteiger partial charge in [0, 0.05) is 16.8 Å². The molecule has 0 aliphatic carbocycles. The lowest BCUT2D eigenvalue weighted by molar-refractivity contribution is -0.0956. The Labute approximate surface area is 141 Å². The van der Waals surface area contributed by atoms with Gasteiger partial charge in [0.1, 0.15) is 5.75 Å². The highest BCUT2D eigenvalue weighted by Gasteiger charge is 2.65. The van der Waals surface area contributed by atoms with Gasteiger partial charge in [0.25, 0.3) is 0 Å². The zero-order valence-electron chi connectivity index (χ0n) is 13.8. The first kappa shape index (κ1) is 16.3. The van der Waals surface area contributed by atoms with Gasteiger partial charge in [0.2, 0.25) is 0 Å². The topological polar surface area (TPSA) is 27.7 Å². The van der Waals surface area contributed by atoms with Gasteiger partial charge in [-0.25, -0.2) is 0 Å². The van der Waals surface area contributed by atoms with Crippen molar-refractivity contribution in [1.82, 2.24) is 0 Å². The molecule has 2 aliphatic rings. The Bertz CT molecular complexity index is 547. The molecule has 0 unspecified atom stereocenters. The first-order valence-corrected chi connectivity index (χ1v) is 8.90. The van der Waals surface area contributed by atoms with Crippen LogP contribution in [-0.4, -0.2) is 29.2 Å². The Morgan fingerprint density at radius 3 is 2.68 bits per heavy atom. The highest BCUT2D eigenvalue weighted by Crippen LogP contribution is 2.57. The minimum Gasteiger partial charge on any atom is -0.496 e. The second kappa shape index (κ2) is 5.81. The van der Waals surface area contributed by atoms with Gasteiger partial charge < -0.3 is 14.2 Å². The van der Waals surface area contributed by atoms with Crippen LogP contribution in [0.15, 0.2) is 24.3 Å². The molecular weight excluding hydrogens is 344 g/mol. The molecule has 2 saturated heterocycles. The van der Waals surface area contributed by atoms with Crippen LogP contribution in [0.5, 0.6) is 5.75 Å². The average molecular weight is 369 g/mol. The molecule has 2 aliphatic heterocycles. The normalized spacial score (nSPS) is 37.0. The maximum Gasteiger partial charge on any atom is 0.124 e. The van der Waals surface area contributed by atoms with E-state index in [9.17, 15) is 0 Å². The van der Waals surface area contributed by atoms with E-state index in [1.807, 2.05) is 18.2 Å². The molecule has 0 radical (unpaired) electrons. The maximum atomic E-state index is 6.48. The van der Waals surface area contributed by atoms with E-state index >= 15 is 0 Å². The van der Waals surface area contributed by atoms with Crippen LogP contribution < -0.4 is 4.74 Å². The Balaban J connectivity index is 1.72. The lowest BCUT2D eigenvalue weighted by Gasteiger charge is -2.35. The van der Waals surface area contributed by atoms with Crippen LogP contribution in [0, 0.1) is 5.92 Å². The molecule has 2 bridgehead atoms. The van der Waals surface area contributed by atoms with Crippen LogP contribution in [0.3, 0.4) is 0 Å².